The van der Waals surface area contributed by atoms with Crippen LogP contribution in [0, 0.1) is 0 Å². The zero-order valence-electron chi connectivity index (χ0n) is 14.0. The van der Waals surface area contributed by atoms with E-state index in [0.29, 0.717) is 11.5 Å². The van der Waals surface area contributed by atoms with Gasteiger partial charge in [-0.1, -0.05) is 12.1 Å². The average Bonchev–Trinajstić information content (AvgIpc) is 2.60. The van der Waals surface area contributed by atoms with Gasteiger partial charge in [-0.2, -0.15) is 0 Å². The number of hydrogen-bond donors (Lipinski definition) is 0. The Bertz CT molecular complexity index is 736. The minimum atomic E-state index is -0.329. The first kappa shape index (κ1) is 16.2. The first-order valence-electron chi connectivity index (χ1n) is 7.80. The van der Waals surface area contributed by atoms with Gasteiger partial charge < -0.3 is 18.9 Å². The van der Waals surface area contributed by atoms with Crippen molar-refractivity contribution in [1.29, 1.82) is 0 Å². The minimum absolute atomic E-state index is 0.0549. The van der Waals surface area contributed by atoms with Crippen molar-refractivity contribution in [1.82, 2.24) is 0 Å². The number of benzene rings is 2. The fourth-order valence-electron chi connectivity index (χ4n) is 2.89. The molecule has 24 heavy (non-hydrogen) atoms. The molecule has 5 heteroatoms. The summed E-state index contributed by atoms with van der Waals surface area (Å²) >= 11 is 0. The largest absolute Gasteiger partial charge is 0.496 e. The third-order valence-electron chi connectivity index (χ3n) is 4.04. The Balaban J connectivity index is 1.83. The van der Waals surface area contributed by atoms with Gasteiger partial charge in [-0.25, -0.2) is 0 Å². The lowest BCUT2D eigenvalue weighted by atomic mass is 9.96. The number of carbonyl (C=O) groups is 1. The molecule has 1 aliphatic heterocycles. The van der Waals surface area contributed by atoms with Crippen molar-refractivity contribution in [2.75, 3.05) is 14.2 Å². The maximum Gasteiger partial charge on any atom is 0.308 e. The number of fused-ring (bicyclic) bond motifs is 1. The monoisotopic (exact) mass is 328 g/mol. The third-order valence-corrected chi connectivity index (χ3v) is 4.04. The molecule has 0 bridgehead atoms. The summed E-state index contributed by atoms with van der Waals surface area (Å²) in [5.41, 5.74) is 2.10. The summed E-state index contributed by atoms with van der Waals surface area (Å²) in [7, 11) is 3.27. The van der Waals surface area contributed by atoms with Crippen molar-refractivity contribution in [3.8, 4) is 23.0 Å². The SMILES string of the molecule is COc1cc(OC)c2c(c1)OC(c1ccc(OC(C)=O)cc1)CC2. The first-order valence-corrected chi connectivity index (χ1v) is 7.80. The van der Waals surface area contributed by atoms with Gasteiger partial charge in [0.05, 0.1) is 14.2 Å². The smallest absolute Gasteiger partial charge is 0.308 e. The van der Waals surface area contributed by atoms with E-state index >= 15 is 0 Å². The Kier molecular flexibility index (Phi) is 4.60. The van der Waals surface area contributed by atoms with Crippen LogP contribution in [0.15, 0.2) is 36.4 Å². The van der Waals surface area contributed by atoms with Crippen molar-refractivity contribution in [2.45, 2.75) is 25.9 Å². The van der Waals surface area contributed by atoms with E-state index in [4.69, 9.17) is 18.9 Å². The molecule has 0 aromatic heterocycles. The highest BCUT2D eigenvalue weighted by Crippen LogP contribution is 2.42. The summed E-state index contributed by atoms with van der Waals surface area (Å²) < 4.78 is 22.0. The van der Waals surface area contributed by atoms with Crippen LogP contribution in [0.2, 0.25) is 0 Å². The molecule has 0 saturated heterocycles. The predicted octanol–water partition coefficient (Wildman–Crippen LogP) is 3.70. The number of rotatable bonds is 4. The normalized spacial score (nSPS) is 15.9. The van der Waals surface area contributed by atoms with Crippen LogP contribution in [0.4, 0.5) is 0 Å². The lowest BCUT2D eigenvalue weighted by molar-refractivity contribution is -0.131. The molecule has 1 atom stereocenters. The lowest BCUT2D eigenvalue weighted by Crippen LogP contribution is -2.16. The van der Waals surface area contributed by atoms with Crippen LogP contribution in [0.1, 0.15) is 30.6 Å². The molecule has 0 amide bonds. The fourth-order valence-corrected chi connectivity index (χ4v) is 2.89. The molecule has 1 unspecified atom stereocenters. The second-order valence-corrected chi connectivity index (χ2v) is 5.61. The Labute approximate surface area is 141 Å². The lowest BCUT2D eigenvalue weighted by Gasteiger charge is -2.28. The van der Waals surface area contributed by atoms with Crippen LogP contribution < -0.4 is 18.9 Å². The van der Waals surface area contributed by atoms with Crippen molar-refractivity contribution < 1.29 is 23.7 Å². The van der Waals surface area contributed by atoms with E-state index in [1.54, 1.807) is 26.4 Å². The van der Waals surface area contributed by atoms with Gasteiger partial charge in [0.2, 0.25) is 0 Å². The molecule has 0 aliphatic carbocycles. The number of hydrogen-bond acceptors (Lipinski definition) is 5. The maximum absolute atomic E-state index is 11.0. The molecular formula is C19H20O5. The highest BCUT2D eigenvalue weighted by atomic mass is 16.5. The molecule has 0 radical (unpaired) electrons. The second-order valence-electron chi connectivity index (χ2n) is 5.61. The van der Waals surface area contributed by atoms with Gasteiger partial charge >= 0.3 is 5.97 Å². The maximum atomic E-state index is 11.0. The quantitative estimate of drug-likeness (QED) is 0.633. The summed E-state index contributed by atoms with van der Waals surface area (Å²) in [6.07, 6.45) is 1.65. The number of esters is 1. The van der Waals surface area contributed by atoms with E-state index in [0.717, 1.165) is 35.5 Å². The van der Waals surface area contributed by atoms with Crippen molar-refractivity contribution in [3.63, 3.8) is 0 Å². The predicted molar refractivity (Wildman–Crippen MR) is 89.0 cm³/mol. The number of methoxy groups -OCH3 is 2. The van der Waals surface area contributed by atoms with Crippen molar-refractivity contribution >= 4 is 5.97 Å². The molecule has 1 aliphatic rings. The second kappa shape index (κ2) is 6.83. The zero-order chi connectivity index (χ0) is 17.1. The Hall–Kier alpha value is -2.69. The molecule has 0 spiro atoms. The molecule has 0 saturated carbocycles. The van der Waals surface area contributed by atoms with E-state index in [1.165, 1.54) is 6.92 Å². The van der Waals surface area contributed by atoms with Crippen LogP contribution >= 0.6 is 0 Å². The van der Waals surface area contributed by atoms with Gasteiger partial charge in [0.15, 0.2) is 0 Å². The van der Waals surface area contributed by atoms with Crippen molar-refractivity contribution in [2.24, 2.45) is 0 Å². The standard InChI is InChI=1S/C19H20O5/c1-12(20)23-14-6-4-13(5-7-14)17-9-8-16-18(22-3)10-15(21-2)11-19(16)24-17/h4-7,10-11,17H,8-9H2,1-3H3. The van der Waals surface area contributed by atoms with E-state index in [9.17, 15) is 4.79 Å². The third kappa shape index (κ3) is 3.30. The molecular weight excluding hydrogens is 308 g/mol. The number of ether oxygens (including phenoxy) is 4. The van der Waals surface area contributed by atoms with Crippen LogP contribution in [0.5, 0.6) is 23.0 Å². The van der Waals surface area contributed by atoms with E-state index in [-0.39, 0.29) is 12.1 Å². The van der Waals surface area contributed by atoms with Gasteiger partial charge in [-0.05, 0) is 30.5 Å². The highest BCUT2D eigenvalue weighted by Gasteiger charge is 2.25. The zero-order valence-corrected chi connectivity index (χ0v) is 14.0. The molecule has 2 aromatic carbocycles. The van der Waals surface area contributed by atoms with Gasteiger partial charge in [-0.3, -0.25) is 4.79 Å². The van der Waals surface area contributed by atoms with E-state index in [1.807, 2.05) is 24.3 Å². The summed E-state index contributed by atoms with van der Waals surface area (Å²) in [5.74, 6) is 2.48. The van der Waals surface area contributed by atoms with Crippen LogP contribution in [0.25, 0.3) is 0 Å². The minimum Gasteiger partial charge on any atom is -0.496 e. The van der Waals surface area contributed by atoms with E-state index in [2.05, 4.69) is 0 Å². The summed E-state index contributed by atoms with van der Waals surface area (Å²) in [6, 6.07) is 11.2. The number of carbonyl (C=O) groups excluding carboxylic acids is 1. The molecule has 0 N–H and O–H groups in total. The average molecular weight is 328 g/mol. The van der Waals surface area contributed by atoms with Gasteiger partial charge in [0.25, 0.3) is 0 Å². The van der Waals surface area contributed by atoms with Crippen LogP contribution in [-0.4, -0.2) is 20.2 Å². The highest BCUT2D eigenvalue weighted by molar-refractivity contribution is 5.69. The Morgan fingerprint density at radius 1 is 1.08 bits per heavy atom. The molecule has 126 valence electrons. The molecule has 0 fully saturated rings. The van der Waals surface area contributed by atoms with E-state index < -0.39 is 0 Å². The Morgan fingerprint density at radius 3 is 2.46 bits per heavy atom. The first-order chi connectivity index (χ1) is 11.6. The van der Waals surface area contributed by atoms with Gasteiger partial charge in [0, 0.05) is 24.6 Å². The molecule has 2 aromatic rings. The van der Waals surface area contributed by atoms with Crippen LogP contribution in [-0.2, 0) is 11.2 Å². The summed E-state index contributed by atoms with van der Waals surface area (Å²) in [5, 5.41) is 0. The summed E-state index contributed by atoms with van der Waals surface area (Å²) in [6.45, 7) is 1.38. The van der Waals surface area contributed by atoms with Crippen LogP contribution in [0.3, 0.4) is 0 Å². The fraction of sp³-hybridized carbons (Fsp3) is 0.316. The molecule has 5 nitrogen and oxygen atoms in total. The van der Waals surface area contributed by atoms with Gasteiger partial charge in [-0.15, -0.1) is 0 Å². The van der Waals surface area contributed by atoms with Crippen molar-refractivity contribution in [3.05, 3.63) is 47.5 Å². The Morgan fingerprint density at radius 2 is 1.83 bits per heavy atom. The molecule has 1 heterocycles. The molecule has 3 rings (SSSR count). The van der Waals surface area contributed by atoms with Gasteiger partial charge in [0.1, 0.15) is 29.1 Å². The topological polar surface area (TPSA) is 54.0 Å². The summed E-state index contributed by atoms with van der Waals surface area (Å²) in [4.78, 5) is 11.0.